The molecule has 1 atom stereocenters. The number of Topliss-reactive ketones (excluding diaryl/α,β-unsaturated/α-hetero) is 1. The Balaban J connectivity index is 2.84. The number of nitrogens with two attached hydrogens (primary N) is 1. The zero-order chi connectivity index (χ0) is 15.0. The Morgan fingerprint density at radius 2 is 1.80 bits per heavy atom. The average Bonchev–Trinajstić information content (AvgIpc) is 2.41. The minimum absolute atomic E-state index is 0.0509. The monoisotopic (exact) mass is 279 g/mol. The predicted octanol–water partition coefficient (Wildman–Crippen LogP) is 3.18. The largest absolute Gasteiger partial charge is 0.490 e. The smallest absolute Gasteiger partial charge is 0.164 e. The van der Waals surface area contributed by atoms with E-state index < -0.39 is 0 Å². The van der Waals surface area contributed by atoms with Gasteiger partial charge in [0.15, 0.2) is 17.3 Å². The third-order valence-corrected chi connectivity index (χ3v) is 2.97. The molecule has 0 aliphatic rings. The van der Waals surface area contributed by atoms with E-state index in [2.05, 4.69) is 6.92 Å². The molecular formula is C16H25NO3. The first-order chi connectivity index (χ1) is 9.62. The summed E-state index contributed by atoms with van der Waals surface area (Å²) in [7, 11) is 0. The summed E-state index contributed by atoms with van der Waals surface area (Å²) >= 11 is 0. The molecule has 0 fully saturated rings. The van der Waals surface area contributed by atoms with Gasteiger partial charge in [-0.1, -0.05) is 13.3 Å². The summed E-state index contributed by atoms with van der Waals surface area (Å²) in [5, 5.41) is 0. The van der Waals surface area contributed by atoms with Crippen LogP contribution in [0.4, 0.5) is 0 Å². The van der Waals surface area contributed by atoms with E-state index in [0.717, 1.165) is 12.8 Å². The van der Waals surface area contributed by atoms with Crippen LogP contribution in [-0.2, 0) is 0 Å². The standard InChI is InChI=1S/C16H25NO3/c1-4-7-13(17)11-14(18)12-8-9-15(19-5-2)16(10-12)20-6-3/h8-10,13H,4-7,11,17H2,1-3H3. The van der Waals surface area contributed by atoms with Gasteiger partial charge in [-0.2, -0.15) is 0 Å². The third kappa shape index (κ3) is 4.85. The molecule has 1 aromatic carbocycles. The molecule has 4 nitrogen and oxygen atoms in total. The first-order valence-corrected chi connectivity index (χ1v) is 7.30. The highest BCUT2D eigenvalue weighted by molar-refractivity contribution is 5.97. The van der Waals surface area contributed by atoms with Gasteiger partial charge in [0.05, 0.1) is 13.2 Å². The fraction of sp³-hybridized carbons (Fsp3) is 0.562. The van der Waals surface area contributed by atoms with Crippen LogP contribution in [0.5, 0.6) is 11.5 Å². The molecule has 0 amide bonds. The van der Waals surface area contributed by atoms with E-state index in [0.29, 0.717) is 36.7 Å². The third-order valence-electron chi connectivity index (χ3n) is 2.97. The molecule has 0 radical (unpaired) electrons. The van der Waals surface area contributed by atoms with Crippen molar-refractivity contribution in [1.82, 2.24) is 0 Å². The van der Waals surface area contributed by atoms with Gasteiger partial charge in [0.2, 0.25) is 0 Å². The van der Waals surface area contributed by atoms with Crippen LogP contribution in [0.2, 0.25) is 0 Å². The molecule has 0 spiro atoms. The SMILES string of the molecule is CCCC(N)CC(=O)c1ccc(OCC)c(OCC)c1. The lowest BCUT2D eigenvalue weighted by Crippen LogP contribution is -2.23. The lowest BCUT2D eigenvalue weighted by Gasteiger charge is -2.13. The van der Waals surface area contributed by atoms with E-state index in [1.165, 1.54) is 0 Å². The van der Waals surface area contributed by atoms with Crippen LogP contribution in [0.1, 0.15) is 50.4 Å². The van der Waals surface area contributed by atoms with Gasteiger partial charge >= 0.3 is 0 Å². The van der Waals surface area contributed by atoms with Gasteiger partial charge < -0.3 is 15.2 Å². The van der Waals surface area contributed by atoms with Crippen LogP contribution >= 0.6 is 0 Å². The van der Waals surface area contributed by atoms with Crippen LogP contribution < -0.4 is 15.2 Å². The Labute approximate surface area is 121 Å². The first-order valence-electron chi connectivity index (χ1n) is 7.30. The van der Waals surface area contributed by atoms with Crippen molar-refractivity contribution in [3.8, 4) is 11.5 Å². The van der Waals surface area contributed by atoms with Crippen molar-refractivity contribution >= 4 is 5.78 Å². The van der Waals surface area contributed by atoms with Crippen molar-refractivity contribution in [2.75, 3.05) is 13.2 Å². The fourth-order valence-corrected chi connectivity index (χ4v) is 2.05. The van der Waals surface area contributed by atoms with Gasteiger partial charge in [-0.25, -0.2) is 0 Å². The molecule has 2 N–H and O–H groups in total. The zero-order valence-corrected chi connectivity index (χ0v) is 12.6. The second kappa shape index (κ2) is 8.59. The molecule has 0 aliphatic carbocycles. The quantitative estimate of drug-likeness (QED) is 0.705. The molecule has 1 aromatic rings. The predicted molar refractivity (Wildman–Crippen MR) is 80.6 cm³/mol. The Bertz CT molecular complexity index is 432. The number of hydrogen-bond acceptors (Lipinski definition) is 4. The maximum atomic E-state index is 12.2. The number of hydrogen-bond donors (Lipinski definition) is 1. The van der Waals surface area contributed by atoms with Crippen LogP contribution in [0.3, 0.4) is 0 Å². The highest BCUT2D eigenvalue weighted by Crippen LogP contribution is 2.29. The van der Waals surface area contributed by atoms with Crippen molar-refractivity contribution < 1.29 is 14.3 Å². The highest BCUT2D eigenvalue weighted by Gasteiger charge is 2.14. The second-order valence-electron chi connectivity index (χ2n) is 4.70. The average molecular weight is 279 g/mol. The number of ether oxygens (including phenoxy) is 2. The van der Waals surface area contributed by atoms with Gasteiger partial charge in [-0.15, -0.1) is 0 Å². The topological polar surface area (TPSA) is 61.6 Å². The van der Waals surface area contributed by atoms with E-state index in [1.54, 1.807) is 18.2 Å². The van der Waals surface area contributed by atoms with Crippen LogP contribution in [0.15, 0.2) is 18.2 Å². The normalized spacial score (nSPS) is 12.0. The van der Waals surface area contributed by atoms with E-state index in [1.807, 2.05) is 13.8 Å². The Morgan fingerprint density at radius 3 is 2.40 bits per heavy atom. The fourth-order valence-electron chi connectivity index (χ4n) is 2.05. The molecule has 4 heteroatoms. The van der Waals surface area contributed by atoms with E-state index in [4.69, 9.17) is 15.2 Å². The number of ketones is 1. The van der Waals surface area contributed by atoms with Gasteiger partial charge in [0.25, 0.3) is 0 Å². The van der Waals surface area contributed by atoms with E-state index in [-0.39, 0.29) is 11.8 Å². The van der Waals surface area contributed by atoms with Crippen molar-refractivity contribution in [2.24, 2.45) is 5.73 Å². The summed E-state index contributed by atoms with van der Waals surface area (Å²) in [6.45, 7) is 6.98. The molecule has 0 saturated heterocycles. The Morgan fingerprint density at radius 1 is 1.15 bits per heavy atom. The molecule has 0 bridgehead atoms. The van der Waals surface area contributed by atoms with Crippen molar-refractivity contribution in [2.45, 2.75) is 46.1 Å². The van der Waals surface area contributed by atoms with E-state index in [9.17, 15) is 4.79 Å². The molecule has 0 aromatic heterocycles. The number of benzene rings is 1. The highest BCUT2D eigenvalue weighted by atomic mass is 16.5. The van der Waals surface area contributed by atoms with Crippen LogP contribution in [0, 0.1) is 0 Å². The summed E-state index contributed by atoms with van der Waals surface area (Å²) < 4.78 is 11.0. The van der Waals surface area contributed by atoms with Crippen molar-refractivity contribution in [1.29, 1.82) is 0 Å². The minimum atomic E-state index is -0.0744. The number of carbonyl (C=O) groups is 1. The van der Waals surface area contributed by atoms with Gasteiger partial charge in [-0.3, -0.25) is 4.79 Å². The van der Waals surface area contributed by atoms with Crippen molar-refractivity contribution in [3.63, 3.8) is 0 Å². The molecule has 0 aliphatic heterocycles. The minimum Gasteiger partial charge on any atom is -0.490 e. The molecule has 1 unspecified atom stereocenters. The van der Waals surface area contributed by atoms with Crippen LogP contribution in [0.25, 0.3) is 0 Å². The molecule has 0 saturated carbocycles. The number of rotatable bonds is 9. The first kappa shape index (κ1) is 16.5. The van der Waals surface area contributed by atoms with Gasteiger partial charge in [-0.05, 0) is 38.5 Å². The summed E-state index contributed by atoms with van der Waals surface area (Å²) in [4.78, 5) is 12.2. The molecular weight excluding hydrogens is 254 g/mol. The van der Waals surface area contributed by atoms with E-state index >= 15 is 0 Å². The Kier molecular flexibility index (Phi) is 7.09. The summed E-state index contributed by atoms with van der Waals surface area (Å²) in [5.74, 6) is 1.34. The molecule has 20 heavy (non-hydrogen) atoms. The molecule has 1 rings (SSSR count). The lowest BCUT2D eigenvalue weighted by molar-refractivity contribution is 0.0972. The Hall–Kier alpha value is -1.55. The molecule has 112 valence electrons. The van der Waals surface area contributed by atoms with Crippen molar-refractivity contribution in [3.05, 3.63) is 23.8 Å². The summed E-state index contributed by atoms with van der Waals surface area (Å²) in [5.41, 5.74) is 6.55. The zero-order valence-electron chi connectivity index (χ0n) is 12.6. The summed E-state index contributed by atoms with van der Waals surface area (Å²) in [6.07, 6.45) is 2.22. The maximum absolute atomic E-state index is 12.2. The number of carbonyl (C=O) groups excluding carboxylic acids is 1. The summed E-state index contributed by atoms with van der Waals surface area (Å²) in [6, 6.07) is 5.23. The van der Waals surface area contributed by atoms with Gasteiger partial charge in [0.1, 0.15) is 0 Å². The molecule has 0 heterocycles. The van der Waals surface area contributed by atoms with Crippen LogP contribution in [-0.4, -0.2) is 25.0 Å². The van der Waals surface area contributed by atoms with Gasteiger partial charge in [0, 0.05) is 18.0 Å². The maximum Gasteiger partial charge on any atom is 0.164 e. The lowest BCUT2D eigenvalue weighted by atomic mass is 10.0. The second-order valence-corrected chi connectivity index (χ2v) is 4.70.